The lowest BCUT2D eigenvalue weighted by Crippen LogP contribution is -2.07. The number of hydrogen-bond donors (Lipinski definition) is 1. The number of aryl methyl sites for hydroxylation is 1. The van der Waals surface area contributed by atoms with Gasteiger partial charge in [0.1, 0.15) is 5.01 Å². The van der Waals surface area contributed by atoms with Gasteiger partial charge >= 0.3 is 0 Å². The second-order valence-electron chi connectivity index (χ2n) is 7.35. The maximum Gasteiger partial charge on any atom is 0.248 e. The number of rotatable bonds is 7. The molecule has 0 atom stereocenters. The van der Waals surface area contributed by atoms with Crippen LogP contribution in [-0.2, 0) is 4.79 Å². The van der Waals surface area contributed by atoms with Gasteiger partial charge in [-0.25, -0.2) is 4.98 Å². The lowest BCUT2D eigenvalue weighted by molar-refractivity contribution is -0.111. The molecule has 1 aromatic heterocycles. The minimum absolute atomic E-state index is 0.244. The average molecular weight is 461 g/mol. The van der Waals surface area contributed by atoms with Gasteiger partial charge in [0, 0.05) is 17.3 Å². The normalized spacial score (nSPS) is 11.0. The largest absolute Gasteiger partial charge is 0.493 e. The first-order valence-electron chi connectivity index (χ1n) is 10.3. The average Bonchev–Trinajstić information content (AvgIpc) is 3.25. The molecule has 0 unspecified atom stereocenters. The quantitative estimate of drug-likeness (QED) is 0.345. The lowest BCUT2D eigenvalue weighted by atomic mass is 10.1. The molecule has 1 N–H and O–H groups in total. The molecule has 1 amide bonds. The van der Waals surface area contributed by atoms with Crippen molar-refractivity contribution < 1.29 is 19.0 Å². The van der Waals surface area contributed by atoms with Crippen LogP contribution >= 0.6 is 11.3 Å². The van der Waals surface area contributed by atoms with Crippen molar-refractivity contribution in [3.05, 3.63) is 71.8 Å². The van der Waals surface area contributed by atoms with Crippen molar-refractivity contribution in [3.8, 4) is 27.8 Å². The molecule has 0 saturated heterocycles. The highest BCUT2D eigenvalue weighted by Gasteiger charge is 2.12. The summed E-state index contributed by atoms with van der Waals surface area (Å²) >= 11 is 1.66. The van der Waals surface area contributed by atoms with Crippen LogP contribution in [0.2, 0.25) is 0 Å². The third-order valence-corrected chi connectivity index (χ3v) is 6.12. The molecule has 3 aromatic carbocycles. The molecule has 6 nitrogen and oxygen atoms in total. The summed E-state index contributed by atoms with van der Waals surface area (Å²) in [6, 6.07) is 17.5. The summed E-state index contributed by atoms with van der Waals surface area (Å²) in [5.74, 6) is 1.31. The van der Waals surface area contributed by atoms with Crippen LogP contribution in [0.15, 0.2) is 60.7 Å². The zero-order valence-corrected chi connectivity index (χ0v) is 19.7. The van der Waals surface area contributed by atoms with Crippen molar-refractivity contribution in [2.45, 2.75) is 6.92 Å². The molecule has 0 radical (unpaired) electrons. The molecule has 0 fully saturated rings. The van der Waals surface area contributed by atoms with Gasteiger partial charge in [-0.05, 0) is 72.7 Å². The number of carbonyl (C=O) groups is 1. The number of hydrogen-bond acceptors (Lipinski definition) is 6. The van der Waals surface area contributed by atoms with Gasteiger partial charge in [-0.15, -0.1) is 11.3 Å². The van der Waals surface area contributed by atoms with Gasteiger partial charge < -0.3 is 19.5 Å². The highest BCUT2D eigenvalue weighted by atomic mass is 32.1. The van der Waals surface area contributed by atoms with E-state index in [4.69, 9.17) is 19.2 Å². The second kappa shape index (κ2) is 9.75. The number of nitrogens with zero attached hydrogens (tertiary/aromatic N) is 1. The highest BCUT2D eigenvalue weighted by Crippen LogP contribution is 2.38. The molecule has 4 aromatic rings. The van der Waals surface area contributed by atoms with E-state index in [1.165, 1.54) is 16.3 Å². The van der Waals surface area contributed by atoms with Crippen LogP contribution in [0.25, 0.3) is 26.9 Å². The summed E-state index contributed by atoms with van der Waals surface area (Å²) in [7, 11) is 4.65. The van der Waals surface area contributed by atoms with Crippen molar-refractivity contribution in [2.24, 2.45) is 0 Å². The first kappa shape index (κ1) is 22.4. The monoisotopic (exact) mass is 460 g/mol. The fourth-order valence-corrected chi connectivity index (χ4v) is 4.47. The summed E-state index contributed by atoms with van der Waals surface area (Å²) in [5, 5.41) is 3.83. The van der Waals surface area contributed by atoms with Gasteiger partial charge in [0.25, 0.3) is 0 Å². The van der Waals surface area contributed by atoms with E-state index in [-0.39, 0.29) is 5.91 Å². The zero-order chi connectivity index (χ0) is 23.4. The third-order valence-electron chi connectivity index (χ3n) is 5.06. The van der Waals surface area contributed by atoms with E-state index in [1.807, 2.05) is 30.3 Å². The van der Waals surface area contributed by atoms with Gasteiger partial charge in [0.05, 0.1) is 31.5 Å². The third kappa shape index (κ3) is 4.99. The van der Waals surface area contributed by atoms with Crippen molar-refractivity contribution in [1.29, 1.82) is 0 Å². The highest BCUT2D eigenvalue weighted by molar-refractivity contribution is 7.21. The van der Waals surface area contributed by atoms with Crippen LogP contribution in [0.3, 0.4) is 0 Å². The van der Waals surface area contributed by atoms with Gasteiger partial charge in [0.2, 0.25) is 11.7 Å². The molecule has 0 aliphatic carbocycles. The van der Waals surface area contributed by atoms with E-state index in [2.05, 4.69) is 24.4 Å². The molecule has 0 spiro atoms. The van der Waals surface area contributed by atoms with Gasteiger partial charge in [-0.2, -0.15) is 0 Å². The minimum Gasteiger partial charge on any atom is -0.493 e. The molecule has 0 saturated carbocycles. The Kier molecular flexibility index (Phi) is 6.60. The first-order chi connectivity index (χ1) is 16.0. The van der Waals surface area contributed by atoms with E-state index < -0.39 is 0 Å². The Bertz CT molecular complexity index is 1300. The van der Waals surface area contributed by atoms with Gasteiger partial charge in [-0.3, -0.25) is 4.79 Å². The number of carbonyl (C=O) groups excluding carboxylic acids is 1. The predicted octanol–water partition coefficient (Wildman–Crippen LogP) is 5.95. The number of aromatic nitrogens is 1. The topological polar surface area (TPSA) is 69.7 Å². The van der Waals surface area contributed by atoms with Crippen LogP contribution in [0.4, 0.5) is 5.69 Å². The number of methoxy groups -OCH3 is 3. The lowest BCUT2D eigenvalue weighted by Gasteiger charge is -2.12. The van der Waals surface area contributed by atoms with E-state index in [9.17, 15) is 4.79 Å². The fourth-order valence-electron chi connectivity index (χ4n) is 3.40. The summed E-state index contributed by atoms with van der Waals surface area (Å²) in [6.45, 7) is 2.08. The molecule has 0 aliphatic heterocycles. The fraction of sp³-hybridized carbons (Fsp3) is 0.154. The van der Waals surface area contributed by atoms with Crippen molar-refractivity contribution in [2.75, 3.05) is 26.6 Å². The molecular formula is C26H24N2O4S. The maximum absolute atomic E-state index is 12.4. The number of anilines is 1. The second-order valence-corrected chi connectivity index (χ2v) is 8.38. The first-order valence-corrected chi connectivity index (χ1v) is 11.1. The van der Waals surface area contributed by atoms with E-state index in [0.717, 1.165) is 21.7 Å². The minimum atomic E-state index is -0.244. The summed E-state index contributed by atoms with van der Waals surface area (Å²) < 4.78 is 17.2. The SMILES string of the molecule is COc1cc(/C=C/C(=O)Nc2ccc(-c3nc4ccc(C)cc4s3)cc2)cc(OC)c1OC. The Labute approximate surface area is 196 Å². The number of thiazole rings is 1. The molecule has 0 bridgehead atoms. The standard InChI is InChI=1S/C26H24N2O4S/c1-16-5-11-20-23(13-16)33-26(28-20)18-7-9-19(10-8-18)27-24(29)12-6-17-14-21(30-2)25(32-4)22(15-17)31-3/h5-15H,1-4H3,(H,27,29)/b12-6+. The van der Waals surface area contributed by atoms with Crippen LogP contribution in [-0.4, -0.2) is 32.2 Å². The number of amides is 1. The molecule has 0 aliphatic rings. The van der Waals surface area contributed by atoms with Gasteiger partial charge in [0.15, 0.2) is 11.5 Å². The predicted molar refractivity (Wildman–Crippen MR) is 134 cm³/mol. The molecular weight excluding hydrogens is 436 g/mol. The van der Waals surface area contributed by atoms with E-state index in [0.29, 0.717) is 22.9 Å². The number of fused-ring (bicyclic) bond motifs is 1. The van der Waals surface area contributed by atoms with E-state index in [1.54, 1.807) is 50.9 Å². The van der Waals surface area contributed by atoms with Gasteiger partial charge in [-0.1, -0.05) is 6.07 Å². The van der Waals surface area contributed by atoms with Crippen LogP contribution in [0.1, 0.15) is 11.1 Å². The summed E-state index contributed by atoms with van der Waals surface area (Å²) in [4.78, 5) is 17.1. The molecule has 7 heteroatoms. The zero-order valence-electron chi connectivity index (χ0n) is 18.8. The van der Waals surface area contributed by atoms with Crippen molar-refractivity contribution in [1.82, 2.24) is 4.98 Å². The Morgan fingerprint density at radius 1 is 0.939 bits per heavy atom. The Hall–Kier alpha value is -3.84. The Morgan fingerprint density at radius 3 is 2.27 bits per heavy atom. The van der Waals surface area contributed by atoms with E-state index >= 15 is 0 Å². The molecule has 1 heterocycles. The number of benzene rings is 3. The number of nitrogens with one attached hydrogen (secondary N) is 1. The molecule has 168 valence electrons. The van der Waals surface area contributed by atoms with Crippen LogP contribution < -0.4 is 19.5 Å². The summed E-state index contributed by atoms with van der Waals surface area (Å²) in [6.07, 6.45) is 3.15. The summed E-state index contributed by atoms with van der Waals surface area (Å²) in [5.41, 5.74) is 4.68. The van der Waals surface area contributed by atoms with Crippen LogP contribution in [0.5, 0.6) is 17.2 Å². The molecule has 4 rings (SSSR count). The Balaban J connectivity index is 1.46. The van der Waals surface area contributed by atoms with Crippen LogP contribution in [0, 0.1) is 6.92 Å². The van der Waals surface area contributed by atoms with Crippen molar-refractivity contribution >= 4 is 39.2 Å². The molecule has 33 heavy (non-hydrogen) atoms. The number of ether oxygens (including phenoxy) is 3. The smallest absolute Gasteiger partial charge is 0.248 e. The Morgan fingerprint density at radius 2 is 1.64 bits per heavy atom. The maximum atomic E-state index is 12.4. The van der Waals surface area contributed by atoms with Crippen molar-refractivity contribution in [3.63, 3.8) is 0 Å².